The van der Waals surface area contributed by atoms with Gasteiger partial charge in [0.15, 0.2) is 5.15 Å². The molecule has 180 valence electrons. The number of halogens is 1. The van der Waals surface area contributed by atoms with Crippen LogP contribution < -0.4 is 15.5 Å². The van der Waals surface area contributed by atoms with Crippen LogP contribution in [0.4, 0.5) is 23.0 Å². The van der Waals surface area contributed by atoms with Gasteiger partial charge in [-0.25, -0.2) is 4.98 Å². The number of amides is 2. The summed E-state index contributed by atoms with van der Waals surface area (Å²) in [7, 11) is 0. The molecule has 1 aromatic heterocycles. The molecule has 1 fully saturated rings. The average molecular weight is 484 g/mol. The second kappa shape index (κ2) is 10.5. The maximum atomic E-state index is 12.5. The second-order valence-electron chi connectivity index (χ2n) is 9.05. The van der Waals surface area contributed by atoms with Crippen molar-refractivity contribution in [2.45, 2.75) is 65.2 Å². The molecule has 0 radical (unpaired) electrons. The summed E-state index contributed by atoms with van der Waals surface area (Å²) in [6, 6.07) is 5.79. The maximum Gasteiger partial charge on any atom is 0.231 e. The Balaban J connectivity index is 1.47. The highest BCUT2D eigenvalue weighted by molar-refractivity contribution is 6.32. The van der Waals surface area contributed by atoms with Crippen molar-refractivity contribution in [2.24, 2.45) is 5.92 Å². The molecule has 2 N–H and O–H groups in total. The summed E-state index contributed by atoms with van der Waals surface area (Å²) >= 11 is 6.49. The van der Waals surface area contributed by atoms with E-state index in [9.17, 15) is 14.4 Å². The van der Waals surface area contributed by atoms with Crippen LogP contribution in [-0.4, -0.2) is 34.1 Å². The molecule has 0 saturated heterocycles. The number of benzene rings is 1. The van der Waals surface area contributed by atoms with Crippen molar-refractivity contribution in [3.8, 4) is 0 Å². The smallest absolute Gasteiger partial charge is 0.231 e. The molecule has 1 atom stereocenters. The van der Waals surface area contributed by atoms with E-state index < -0.39 is 0 Å². The van der Waals surface area contributed by atoms with Gasteiger partial charge in [-0.15, -0.1) is 0 Å². The first-order valence-electron chi connectivity index (χ1n) is 11.9. The van der Waals surface area contributed by atoms with Gasteiger partial charge in [0.25, 0.3) is 0 Å². The van der Waals surface area contributed by atoms with E-state index in [0.717, 1.165) is 55.6 Å². The normalized spacial score (nSPS) is 17.8. The number of nitrogens with zero attached hydrogens (tertiary/aromatic N) is 3. The zero-order valence-electron chi connectivity index (χ0n) is 19.6. The van der Waals surface area contributed by atoms with E-state index in [4.69, 9.17) is 11.6 Å². The average Bonchev–Trinajstić information content (AvgIpc) is 2.80. The molecule has 1 aromatic carbocycles. The summed E-state index contributed by atoms with van der Waals surface area (Å²) in [5.41, 5.74) is 3.83. The number of Topliss-reactive ketones (excluding diaryl/α,β-unsaturated/α-hetero) is 1. The summed E-state index contributed by atoms with van der Waals surface area (Å²) < 4.78 is 0. The van der Waals surface area contributed by atoms with Crippen molar-refractivity contribution >= 4 is 52.2 Å². The van der Waals surface area contributed by atoms with Gasteiger partial charge < -0.3 is 15.5 Å². The highest BCUT2D eigenvalue weighted by Crippen LogP contribution is 2.35. The molecule has 2 aliphatic rings. The van der Waals surface area contributed by atoms with Crippen LogP contribution in [0.5, 0.6) is 0 Å². The number of aryl methyl sites for hydroxylation is 2. The number of fused-ring (bicyclic) bond motifs is 1. The van der Waals surface area contributed by atoms with E-state index in [1.165, 1.54) is 6.92 Å². The quantitative estimate of drug-likeness (QED) is 0.563. The van der Waals surface area contributed by atoms with E-state index in [0.29, 0.717) is 30.2 Å². The van der Waals surface area contributed by atoms with Crippen LogP contribution in [0.3, 0.4) is 0 Å². The number of ketones is 1. The first-order valence-corrected chi connectivity index (χ1v) is 12.2. The number of carbonyl (C=O) groups excluding carboxylic acids is 3. The molecule has 1 aliphatic carbocycles. The molecule has 1 unspecified atom stereocenters. The molecule has 4 rings (SSSR count). The molecular weight excluding hydrogens is 454 g/mol. The van der Waals surface area contributed by atoms with Crippen LogP contribution in [0.25, 0.3) is 0 Å². The predicted molar refractivity (Wildman–Crippen MR) is 133 cm³/mol. The van der Waals surface area contributed by atoms with Gasteiger partial charge in [-0.05, 0) is 62.8 Å². The third-order valence-corrected chi connectivity index (χ3v) is 6.73. The standard InChI is InChI=1S/C25H30ClN5O3/c1-15-23(29-22(34)12-9-17-6-3-4-8-21(17)33)24(26)30-25(27-15)31-13-5-7-18-14-19(28-16(2)32)10-11-20(18)31/h10-11,14,17H,3-9,12-13H2,1-2H3,(H,28,32)(H,29,34). The third kappa shape index (κ3) is 5.55. The van der Waals surface area contributed by atoms with Crippen LogP contribution in [0.15, 0.2) is 18.2 Å². The van der Waals surface area contributed by atoms with Crippen molar-refractivity contribution in [2.75, 3.05) is 22.1 Å². The lowest BCUT2D eigenvalue weighted by atomic mass is 9.85. The monoisotopic (exact) mass is 483 g/mol. The Kier molecular flexibility index (Phi) is 7.46. The maximum absolute atomic E-state index is 12.5. The fourth-order valence-corrected chi connectivity index (χ4v) is 5.00. The first-order chi connectivity index (χ1) is 16.3. The van der Waals surface area contributed by atoms with E-state index in [2.05, 4.69) is 20.6 Å². The van der Waals surface area contributed by atoms with Crippen LogP contribution >= 0.6 is 11.6 Å². The molecule has 34 heavy (non-hydrogen) atoms. The van der Waals surface area contributed by atoms with Crippen LogP contribution in [0, 0.1) is 12.8 Å². The molecule has 2 amide bonds. The largest absolute Gasteiger partial charge is 0.326 e. The van der Waals surface area contributed by atoms with Crippen molar-refractivity contribution in [3.05, 3.63) is 34.6 Å². The Morgan fingerprint density at radius 1 is 1.15 bits per heavy atom. The van der Waals surface area contributed by atoms with Gasteiger partial charge >= 0.3 is 0 Å². The van der Waals surface area contributed by atoms with Gasteiger partial charge in [-0.2, -0.15) is 4.98 Å². The Labute approximate surface area is 204 Å². The predicted octanol–water partition coefficient (Wildman–Crippen LogP) is 4.96. The number of aromatic nitrogens is 2. The highest BCUT2D eigenvalue weighted by Gasteiger charge is 2.25. The van der Waals surface area contributed by atoms with E-state index in [1.807, 2.05) is 23.1 Å². The number of rotatable bonds is 6. The molecule has 2 aromatic rings. The molecule has 0 bridgehead atoms. The van der Waals surface area contributed by atoms with Crippen molar-refractivity contribution in [3.63, 3.8) is 0 Å². The zero-order valence-corrected chi connectivity index (χ0v) is 20.4. The number of hydrogen-bond donors (Lipinski definition) is 2. The minimum absolute atomic E-state index is 0.0139. The fourth-order valence-electron chi connectivity index (χ4n) is 4.74. The molecule has 1 aliphatic heterocycles. The van der Waals surface area contributed by atoms with Gasteiger partial charge in [-0.1, -0.05) is 18.0 Å². The van der Waals surface area contributed by atoms with Crippen LogP contribution in [0.2, 0.25) is 5.15 Å². The minimum Gasteiger partial charge on any atom is -0.326 e. The van der Waals surface area contributed by atoms with Crippen molar-refractivity contribution < 1.29 is 14.4 Å². The molecule has 8 nitrogen and oxygen atoms in total. The summed E-state index contributed by atoms with van der Waals surface area (Å²) in [6.45, 7) is 4.02. The second-order valence-corrected chi connectivity index (χ2v) is 9.41. The van der Waals surface area contributed by atoms with Crippen molar-refractivity contribution in [1.82, 2.24) is 9.97 Å². The third-order valence-electron chi connectivity index (χ3n) is 6.46. The number of anilines is 4. The number of nitrogens with one attached hydrogen (secondary N) is 2. The molecule has 0 spiro atoms. The lowest BCUT2D eigenvalue weighted by Crippen LogP contribution is -2.27. The van der Waals surface area contributed by atoms with Gasteiger partial charge in [0.2, 0.25) is 17.8 Å². The Hall–Kier alpha value is -3.00. The Morgan fingerprint density at radius 3 is 2.71 bits per heavy atom. The van der Waals surface area contributed by atoms with Crippen LogP contribution in [0.1, 0.15) is 63.1 Å². The van der Waals surface area contributed by atoms with Crippen LogP contribution in [-0.2, 0) is 20.8 Å². The summed E-state index contributed by atoms with van der Waals surface area (Å²) in [5, 5.41) is 5.85. The topological polar surface area (TPSA) is 104 Å². The highest BCUT2D eigenvalue weighted by atomic mass is 35.5. The minimum atomic E-state index is -0.187. The van der Waals surface area contributed by atoms with Crippen molar-refractivity contribution in [1.29, 1.82) is 0 Å². The molecule has 2 heterocycles. The van der Waals surface area contributed by atoms with Gasteiger partial charge in [0.1, 0.15) is 11.5 Å². The number of carbonyl (C=O) groups is 3. The van der Waals surface area contributed by atoms with E-state index in [1.54, 1.807) is 6.92 Å². The summed E-state index contributed by atoms with van der Waals surface area (Å²) in [5.74, 6) is 0.434. The lowest BCUT2D eigenvalue weighted by molar-refractivity contribution is -0.125. The van der Waals surface area contributed by atoms with E-state index in [-0.39, 0.29) is 35.1 Å². The SMILES string of the molecule is CC(=O)Nc1ccc2c(c1)CCCN2c1nc(C)c(NC(=O)CCC2CCCCC2=O)c(Cl)n1. The summed E-state index contributed by atoms with van der Waals surface area (Å²) in [4.78, 5) is 47.1. The summed E-state index contributed by atoms with van der Waals surface area (Å²) in [6.07, 6.45) is 6.13. The zero-order chi connectivity index (χ0) is 24.2. The number of hydrogen-bond acceptors (Lipinski definition) is 6. The molecule has 9 heteroatoms. The van der Waals surface area contributed by atoms with Gasteiger partial charge in [0.05, 0.1) is 5.69 Å². The first kappa shape index (κ1) is 24.1. The molecular formula is C25H30ClN5O3. The fraction of sp³-hybridized carbons (Fsp3) is 0.480. The Morgan fingerprint density at radius 2 is 1.97 bits per heavy atom. The van der Waals surface area contributed by atoms with E-state index >= 15 is 0 Å². The Bertz CT molecular complexity index is 1100. The lowest BCUT2D eigenvalue weighted by Gasteiger charge is -2.30. The van der Waals surface area contributed by atoms with Gasteiger partial charge in [-0.3, -0.25) is 14.4 Å². The van der Waals surface area contributed by atoms with Gasteiger partial charge in [0, 0.05) is 43.6 Å². The molecule has 1 saturated carbocycles.